The van der Waals surface area contributed by atoms with Crippen LogP contribution in [-0.4, -0.2) is 22.4 Å². The molecular formula is C21H22N4O. The fourth-order valence-corrected chi connectivity index (χ4v) is 2.78. The molecule has 26 heavy (non-hydrogen) atoms. The van der Waals surface area contributed by atoms with Gasteiger partial charge >= 0.3 is 0 Å². The lowest BCUT2D eigenvalue weighted by Gasteiger charge is -2.22. The van der Waals surface area contributed by atoms with Gasteiger partial charge in [-0.1, -0.05) is 42.5 Å². The molecule has 0 aliphatic heterocycles. The Hall–Kier alpha value is -3.21. The Labute approximate surface area is 153 Å². The third kappa shape index (κ3) is 4.06. The summed E-state index contributed by atoms with van der Waals surface area (Å²) in [6, 6.07) is 19.7. The smallest absolute Gasteiger partial charge is 0.270 e. The van der Waals surface area contributed by atoms with E-state index in [0.29, 0.717) is 18.1 Å². The number of aryl methyl sites for hydroxylation is 1. The fraction of sp³-hybridized carbons (Fsp3) is 0.190. The van der Waals surface area contributed by atoms with Gasteiger partial charge in [0.2, 0.25) is 0 Å². The first-order valence-corrected chi connectivity index (χ1v) is 8.66. The SMILES string of the molecule is CCN(c1ccccc1)c1cc(C(=O)NCc2ccccc2C)ncn1. The topological polar surface area (TPSA) is 58.1 Å². The molecule has 3 aromatic rings. The Morgan fingerprint density at radius 1 is 1.04 bits per heavy atom. The molecule has 0 radical (unpaired) electrons. The lowest BCUT2D eigenvalue weighted by Crippen LogP contribution is -2.25. The average molecular weight is 346 g/mol. The third-order valence-corrected chi connectivity index (χ3v) is 4.25. The van der Waals surface area contributed by atoms with Crippen molar-refractivity contribution in [1.29, 1.82) is 0 Å². The molecule has 0 aliphatic carbocycles. The maximum absolute atomic E-state index is 12.5. The molecule has 3 rings (SSSR count). The number of nitrogens with one attached hydrogen (secondary N) is 1. The maximum Gasteiger partial charge on any atom is 0.270 e. The van der Waals surface area contributed by atoms with Crippen LogP contribution in [0.3, 0.4) is 0 Å². The number of carbonyl (C=O) groups excluding carboxylic acids is 1. The summed E-state index contributed by atoms with van der Waals surface area (Å²) < 4.78 is 0. The van der Waals surface area contributed by atoms with Crippen molar-refractivity contribution in [3.05, 3.63) is 83.8 Å². The predicted molar refractivity (Wildman–Crippen MR) is 104 cm³/mol. The molecule has 0 saturated heterocycles. The minimum absolute atomic E-state index is 0.207. The van der Waals surface area contributed by atoms with E-state index in [2.05, 4.69) is 15.3 Å². The molecule has 0 spiro atoms. The summed E-state index contributed by atoms with van der Waals surface area (Å²) in [4.78, 5) is 23.0. The van der Waals surface area contributed by atoms with E-state index in [9.17, 15) is 4.79 Å². The molecule has 0 atom stereocenters. The number of hydrogen-bond acceptors (Lipinski definition) is 4. The number of para-hydroxylation sites is 1. The Bertz CT molecular complexity index is 880. The zero-order valence-electron chi connectivity index (χ0n) is 15.0. The number of aromatic nitrogens is 2. The molecule has 0 bridgehead atoms. The van der Waals surface area contributed by atoms with Crippen molar-refractivity contribution in [3.8, 4) is 0 Å². The number of amides is 1. The first kappa shape index (κ1) is 17.6. The molecule has 5 heteroatoms. The van der Waals surface area contributed by atoms with Gasteiger partial charge in [-0.25, -0.2) is 9.97 Å². The summed E-state index contributed by atoms with van der Waals surface area (Å²) in [5, 5.41) is 2.93. The highest BCUT2D eigenvalue weighted by atomic mass is 16.1. The fourth-order valence-electron chi connectivity index (χ4n) is 2.78. The van der Waals surface area contributed by atoms with Gasteiger partial charge in [-0.3, -0.25) is 4.79 Å². The summed E-state index contributed by atoms with van der Waals surface area (Å²) in [6.45, 7) is 5.29. The molecule has 132 valence electrons. The Balaban J connectivity index is 1.76. The van der Waals surface area contributed by atoms with Crippen molar-refractivity contribution in [2.75, 3.05) is 11.4 Å². The van der Waals surface area contributed by atoms with Crippen LogP contribution in [0.4, 0.5) is 11.5 Å². The average Bonchev–Trinajstić information content (AvgIpc) is 2.69. The molecule has 5 nitrogen and oxygen atoms in total. The van der Waals surface area contributed by atoms with Crippen molar-refractivity contribution in [2.24, 2.45) is 0 Å². The van der Waals surface area contributed by atoms with Crippen LogP contribution in [0.25, 0.3) is 0 Å². The van der Waals surface area contributed by atoms with Gasteiger partial charge < -0.3 is 10.2 Å². The zero-order chi connectivity index (χ0) is 18.4. The number of hydrogen-bond donors (Lipinski definition) is 1. The van der Waals surface area contributed by atoms with Crippen LogP contribution in [0.2, 0.25) is 0 Å². The van der Waals surface area contributed by atoms with E-state index in [1.54, 1.807) is 6.07 Å². The molecule has 0 unspecified atom stereocenters. The summed E-state index contributed by atoms with van der Waals surface area (Å²) in [5.41, 5.74) is 3.63. The highest BCUT2D eigenvalue weighted by Gasteiger charge is 2.13. The van der Waals surface area contributed by atoms with Crippen molar-refractivity contribution in [1.82, 2.24) is 15.3 Å². The van der Waals surface area contributed by atoms with Gasteiger partial charge in [0.25, 0.3) is 5.91 Å². The lowest BCUT2D eigenvalue weighted by molar-refractivity contribution is 0.0945. The highest BCUT2D eigenvalue weighted by Crippen LogP contribution is 2.22. The number of rotatable bonds is 6. The zero-order valence-corrected chi connectivity index (χ0v) is 15.0. The third-order valence-electron chi connectivity index (χ3n) is 4.25. The van der Waals surface area contributed by atoms with Gasteiger partial charge in [0.15, 0.2) is 0 Å². The van der Waals surface area contributed by atoms with E-state index < -0.39 is 0 Å². The second-order valence-electron chi connectivity index (χ2n) is 5.95. The van der Waals surface area contributed by atoms with Gasteiger partial charge in [0.05, 0.1) is 0 Å². The molecule has 1 aromatic heterocycles. The van der Waals surface area contributed by atoms with E-state index in [-0.39, 0.29) is 5.91 Å². The number of nitrogens with zero attached hydrogens (tertiary/aromatic N) is 3. The molecule has 1 amide bonds. The van der Waals surface area contributed by atoms with Crippen LogP contribution in [0.5, 0.6) is 0 Å². The quantitative estimate of drug-likeness (QED) is 0.736. The van der Waals surface area contributed by atoms with Gasteiger partial charge in [-0.15, -0.1) is 0 Å². The molecular weight excluding hydrogens is 324 g/mol. The van der Waals surface area contributed by atoms with Crippen LogP contribution in [-0.2, 0) is 6.54 Å². The van der Waals surface area contributed by atoms with E-state index >= 15 is 0 Å². The number of carbonyl (C=O) groups is 1. The van der Waals surface area contributed by atoms with Gasteiger partial charge in [0.1, 0.15) is 17.8 Å². The summed E-state index contributed by atoms with van der Waals surface area (Å²) in [7, 11) is 0. The number of anilines is 2. The van der Waals surface area contributed by atoms with E-state index in [1.807, 2.05) is 73.3 Å². The van der Waals surface area contributed by atoms with Crippen LogP contribution >= 0.6 is 0 Å². The minimum atomic E-state index is -0.207. The summed E-state index contributed by atoms with van der Waals surface area (Å²) in [6.07, 6.45) is 1.43. The molecule has 0 aliphatic rings. The van der Waals surface area contributed by atoms with Crippen LogP contribution < -0.4 is 10.2 Å². The highest BCUT2D eigenvalue weighted by molar-refractivity contribution is 5.93. The Morgan fingerprint density at radius 2 is 1.77 bits per heavy atom. The lowest BCUT2D eigenvalue weighted by atomic mass is 10.1. The Morgan fingerprint density at radius 3 is 2.50 bits per heavy atom. The van der Waals surface area contributed by atoms with E-state index in [4.69, 9.17) is 0 Å². The summed E-state index contributed by atoms with van der Waals surface area (Å²) >= 11 is 0. The van der Waals surface area contributed by atoms with Gasteiger partial charge in [-0.05, 0) is 37.1 Å². The van der Waals surface area contributed by atoms with Gasteiger partial charge in [-0.2, -0.15) is 0 Å². The van der Waals surface area contributed by atoms with E-state index in [0.717, 1.165) is 23.4 Å². The van der Waals surface area contributed by atoms with Crippen molar-refractivity contribution >= 4 is 17.4 Å². The van der Waals surface area contributed by atoms with Crippen LogP contribution in [0.1, 0.15) is 28.5 Å². The number of benzene rings is 2. The largest absolute Gasteiger partial charge is 0.347 e. The molecule has 0 fully saturated rings. The first-order chi connectivity index (χ1) is 12.7. The monoisotopic (exact) mass is 346 g/mol. The first-order valence-electron chi connectivity index (χ1n) is 8.66. The van der Waals surface area contributed by atoms with Crippen molar-refractivity contribution < 1.29 is 4.79 Å². The molecule has 2 aromatic carbocycles. The van der Waals surface area contributed by atoms with Crippen LogP contribution in [0.15, 0.2) is 67.0 Å². The molecule has 1 heterocycles. The maximum atomic E-state index is 12.5. The van der Waals surface area contributed by atoms with Crippen molar-refractivity contribution in [2.45, 2.75) is 20.4 Å². The molecule has 0 saturated carbocycles. The Kier molecular flexibility index (Phi) is 5.59. The second-order valence-corrected chi connectivity index (χ2v) is 5.95. The van der Waals surface area contributed by atoms with Crippen LogP contribution in [0, 0.1) is 6.92 Å². The van der Waals surface area contributed by atoms with E-state index in [1.165, 1.54) is 6.33 Å². The summed E-state index contributed by atoms with van der Waals surface area (Å²) in [5.74, 6) is 0.496. The second kappa shape index (κ2) is 8.25. The normalized spacial score (nSPS) is 10.4. The minimum Gasteiger partial charge on any atom is -0.347 e. The molecule has 1 N–H and O–H groups in total. The standard InChI is InChI=1S/C21H22N4O/c1-3-25(18-11-5-4-6-12-18)20-13-19(23-15-24-20)21(26)22-14-17-10-8-7-9-16(17)2/h4-13,15H,3,14H2,1-2H3,(H,22,26). The predicted octanol–water partition coefficient (Wildman–Crippen LogP) is 3.87. The van der Waals surface area contributed by atoms with Gasteiger partial charge in [0, 0.05) is 24.8 Å². The van der Waals surface area contributed by atoms with Crippen molar-refractivity contribution in [3.63, 3.8) is 0 Å².